The maximum absolute atomic E-state index is 15.3. The van der Waals surface area contributed by atoms with Gasteiger partial charge in [0.25, 0.3) is 0 Å². The molecule has 0 aliphatic rings. The molecule has 0 fully saturated rings. The first kappa shape index (κ1) is 40.8. The highest BCUT2D eigenvalue weighted by atomic mass is 32.2. The number of carbonyl (C=O) groups is 1. The summed E-state index contributed by atoms with van der Waals surface area (Å²) in [7, 11) is -8.99. The number of nitrogens with zero attached hydrogens (tertiary/aromatic N) is 1. The fourth-order valence-electron chi connectivity index (χ4n) is 5.80. The number of amides is 1. The predicted octanol–water partition coefficient (Wildman–Crippen LogP) is 8.16. The number of carbonyl (C=O) groups excluding carboxylic acids is 1. The zero-order valence-electron chi connectivity index (χ0n) is 27.9. The second-order valence-corrected chi connectivity index (χ2v) is 17.6. The van der Waals surface area contributed by atoms with Gasteiger partial charge in [-0.1, -0.05) is 114 Å². The van der Waals surface area contributed by atoms with Crippen LogP contribution in [0.3, 0.4) is 0 Å². The summed E-state index contributed by atoms with van der Waals surface area (Å²) in [6.45, 7) is 1.61. The van der Waals surface area contributed by atoms with E-state index in [-0.39, 0.29) is 28.9 Å². The number of sulfone groups is 1. The van der Waals surface area contributed by atoms with Gasteiger partial charge in [0, 0.05) is 18.2 Å². The van der Waals surface area contributed by atoms with Crippen LogP contribution in [0.1, 0.15) is 102 Å². The second kappa shape index (κ2) is 18.6. The quantitative estimate of drug-likeness (QED) is 0.0786. The van der Waals surface area contributed by atoms with E-state index in [1.54, 1.807) is 30.3 Å². The summed E-state index contributed by atoms with van der Waals surface area (Å²) in [5.41, 5.74) is 0.783. The molecule has 1 amide bonds. The van der Waals surface area contributed by atoms with E-state index < -0.39 is 67.0 Å². The van der Waals surface area contributed by atoms with Crippen molar-refractivity contribution in [2.75, 3.05) is 18.1 Å². The Morgan fingerprint density at radius 3 is 1.96 bits per heavy atom. The number of primary sulfonamides is 1. The fraction of sp³-hybridized carbons (Fsp3) is 0.588. The summed E-state index contributed by atoms with van der Waals surface area (Å²) >= 11 is 0.792. The molecule has 1 atom stereocenters. The van der Waals surface area contributed by atoms with Gasteiger partial charge in [0.2, 0.25) is 20.7 Å². The largest absolute Gasteiger partial charge is 0.390 e. The molecule has 15 heteroatoms. The van der Waals surface area contributed by atoms with Crippen LogP contribution in [0.25, 0.3) is 21.3 Å². The molecule has 1 unspecified atom stereocenters. The number of hydrogen-bond acceptors (Lipinski definition) is 7. The Morgan fingerprint density at radius 1 is 0.837 bits per heavy atom. The number of halogens is 4. The molecule has 0 spiro atoms. The minimum atomic E-state index is -4.93. The van der Waals surface area contributed by atoms with Gasteiger partial charge >= 0.3 is 6.18 Å². The van der Waals surface area contributed by atoms with Crippen LogP contribution in [0.2, 0.25) is 0 Å². The Hall–Kier alpha value is -2.62. The minimum Gasteiger partial charge on any atom is -0.353 e. The molecule has 0 bridgehead atoms. The number of fused-ring (bicyclic) bond motifs is 1. The van der Waals surface area contributed by atoms with Gasteiger partial charge in [-0.25, -0.2) is 31.3 Å². The molecule has 0 saturated carbocycles. The van der Waals surface area contributed by atoms with E-state index in [0.29, 0.717) is 16.7 Å². The topological polar surface area (TPSA) is 136 Å². The number of nitrogens with one attached hydrogen (secondary N) is 1. The summed E-state index contributed by atoms with van der Waals surface area (Å²) < 4.78 is 104. The molecule has 0 radical (unpaired) electrons. The van der Waals surface area contributed by atoms with Gasteiger partial charge in [0.05, 0.1) is 28.1 Å². The fourth-order valence-corrected chi connectivity index (χ4v) is 9.76. The highest BCUT2D eigenvalue weighted by Gasteiger charge is 2.54. The average Bonchev–Trinajstić information content (AvgIpc) is 3.44. The van der Waals surface area contributed by atoms with Gasteiger partial charge in [0.15, 0.2) is 9.84 Å². The van der Waals surface area contributed by atoms with Gasteiger partial charge in [-0.05, 0) is 18.1 Å². The molecule has 0 aliphatic carbocycles. The van der Waals surface area contributed by atoms with Crippen molar-refractivity contribution in [3.05, 3.63) is 53.3 Å². The first-order chi connectivity index (χ1) is 23.1. The number of thiazole rings is 1. The molecule has 1 aromatic heterocycles. The summed E-state index contributed by atoms with van der Waals surface area (Å²) in [5, 5.41) is 7.07. The molecular weight excluding hydrogens is 703 g/mol. The van der Waals surface area contributed by atoms with Gasteiger partial charge in [-0.2, -0.15) is 13.2 Å². The van der Waals surface area contributed by atoms with Crippen LogP contribution in [0.4, 0.5) is 17.6 Å². The highest BCUT2D eigenvalue weighted by Crippen LogP contribution is 2.43. The Labute approximate surface area is 291 Å². The lowest BCUT2D eigenvalue weighted by Gasteiger charge is -2.30. The molecule has 3 aromatic rings. The third-order valence-electron chi connectivity index (χ3n) is 8.51. The Balaban J connectivity index is 1.95. The summed E-state index contributed by atoms with van der Waals surface area (Å²) in [6, 6.07) is 11.1. The van der Waals surface area contributed by atoms with Crippen LogP contribution in [-0.2, 0) is 29.4 Å². The number of nitrogens with two attached hydrogens (primary N) is 1. The molecule has 274 valence electrons. The van der Waals surface area contributed by atoms with Crippen LogP contribution < -0.4 is 10.5 Å². The molecular formula is C34H47F4N3O5S3. The first-order valence-corrected chi connectivity index (χ1v) is 21.0. The monoisotopic (exact) mass is 749 g/mol. The van der Waals surface area contributed by atoms with E-state index in [0.717, 1.165) is 49.5 Å². The second-order valence-electron chi connectivity index (χ2n) is 12.5. The van der Waals surface area contributed by atoms with Crippen LogP contribution >= 0.6 is 11.3 Å². The SMILES string of the molecule is CCCCCCCCCCCCCCC(C(=O)NCCS(N)(=O)=O)(c1nc2cc(F)c(-c3ccccc3)cc2s1)S(=O)(=O)CCC(F)(F)F. The smallest absolute Gasteiger partial charge is 0.353 e. The third-order valence-corrected chi connectivity index (χ3v) is 13.0. The van der Waals surface area contributed by atoms with E-state index >= 15 is 4.39 Å². The molecule has 0 saturated heterocycles. The summed E-state index contributed by atoms with van der Waals surface area (Å²) in [4.78, 5) is 18.3. The van der Waals surface area contributed by atoms with Crippen molar-refractivity contribution in [3.8, 4) is 11.1 Å². The zero-order chi connectivity index (χ0) is 36.1. The van der Waals surface area contributed by atoms with Crippen molar-refractivity contribution in [1.82, 2.24) is 10.3 Å². The van der Waals surface area contributed by atoms with Crippen LogP contribution in [0.15, 0.2) is 42.5 Å². The lowest BCUT2D eigenvalue weighted by Crippen LogP contribution is -2.52. The molecule has 3 N–H and O–H groups in total. The Morgan fingerprint density at radius 2 is 1.41 bits per heavy atom. The summed E-state index contributed by atoms with van der Waals surface area (Å²) in [6.07, 6.45) is 4.61. The number of unbranched alkanes of at least 4 members (excludes halogenated alkanes) is 11. The number of hydrogen-bond donors (Lipinski definition) is 2. The minimum absolute atomic E-state index is 0.0413. The van der Waals surface area contributed by atoms with E-state index in [1.807, 2.05) is 0 Å². The van der Waals surface area contributed by atoms with Gasteiger partial charge in [-0.3, -0.25) is 4.79 Å². The highest BCUT2D eigenvalue weighted by molar-refractivity contribution is 7.93. The van der Waals surface area contributed by atoms with Crippen molar-refractivity contribution in [3.63, 3.8) is 0 Å². The zero-order valence-corrected chi connectivity index (χ0v) is 30.3. The average molecular weight is 750 g/mol. The van der Waals surface area contributed by atoms with Gasteiger partial charge in [0.1, 0.15) is 10.8 Å². The van der Waals surface area contributed by atoms with Crippen LogP contribution in [0.5, 0.6) is 0 Å². The van der Waals surface area contributed by atoms with Crippen molar-refractivity contribution in [1.29, 1.82) is 0 Å². The lowest BCUT2D eigenvalue weighted by molar-refractivity contribution is -0.130. The molecule has 3 rings (SSSR count). The van der Waals surface area contributed by atoms with E-state index in [2.05, 4.69) is 17.2 Å². The number of benzene rings is 2. The van der Waals surface area contributed by atoms with Crippen molar-refractivity contribution < 1.29 is 39.2 Å². The van der Waals surface area contributed by atoms with E-state index in [1.165, 1.54) is 38.2 Å². The Kier molecular flexibility index (Phi) is 15.5. The van der Waals surface area contributed by atoms with Crippen LogP contribution in [-0.4, -0.2) is 52.0 Å². The van der Waals surface area contributed by atoms with Gasteiger partial charge in [-0.15, -0.1) is 11.3 Å². The Bertz CT molecular complexity index is 1720. The van der Waals surface area contributed by atoms with E-state index in [9.17, 15) is 34.8 Å². The molecule has 1 heterocycles. The molecule has 8 nitrogen and oxygen atoms in total. The van der Waals surface area contributed by atoms with Gasteiger partial charge < -0.3 is 5.32 Å². The number of rotatable bonds is 22. The van der Waals surface area contributed by atoms with Crippen molar-refractivity contribution in [2.45, 2.75) is 108 Å². The van der Waals surface area contributed by atoms with Crippen LogP contribution in [0, 0.1) is 5.82 Å². The normalized spacial score (nSPS) is 13.8. The molecule has 2 aromatic carbocycles. The number of alkyl halides is 3. The maximum atomic E-state index is 15.3. The summed E-state index contributed by atoms with van der Waals surface area (Å²) in [5.74, 6) is -3.96. The first-order valence-electron chi connectivity index (χ1n) is 16.8. The van der Waals surface area contributed by atoms with Crippen molar-refractivity contribution in [2.24, 2.45) is 5.14 Å². The van der Waals surface area contributed by atoms with Crippen molar-refractivity contribution >= 4 is 47.3 Å². The molecule has 0 aliphatic heterocycles. The predicted molar refractivity (Wildman–Crippen MR) is 188 cm³/mol. The van der Waals surface area contributed by atoms with E-state index in [4.69, 9.17) is 5.14 Å². The number of sulfonamides is 1. The number of aromatic nitrogens is 1. The molecule has 49 heavy (non-hydrogen) atoms. The maximum Gasteiger partial charge on any atom is 0.390 e. The lowest BCUT2D eigenvalue weighted by atomic mass is 9.98. The standard InChI is InChI=1S/C34H47F4N3O5S3/c1-2-3-4-5-6-7-8-9-10-11-12-16-19-33(31(42)40-21-23-49(39,45)46,48(43,44)22-20-34(36,37)38)32-41-29-25-28(35)27(24-30(29)47-32)26-17-14-13-15-18-26/h13-15,17-18,24-25H,2-12,16,19-23H2,1H3,(H,40,42)(H2,39,45,46). The third kappa shape index (κ3) is 12.3.